The van der Waals surface area contributed by atoms with E-state index in [1.807, 2.05) is 19.1 Å². The Morgan fingerprint density at radius 3 is 2.71 bits per heavy atom. The number of esters is 1. The molecule has 0 fully saturated rings. The molecule has 0 aliphatic heterocycles. The van der Waals surface area contributed by atoms with Gasteiger partial charge in [-0.25, -0.2) is 4.79 Å². The number of allylic oxidation sites excluding steroid dienone is 1. The van der Waals surface area contributed by atoms with Gasteiger partial charge in [0.15, 0.2) is 0 Å². The van der Waals surface area contributed by atoms with Crippen molar-refractivity contribution in [2.24, 2.45) is 5.92 Å². The Bertz CT molecular complexity index is 470. The van der Waals surface area contributed by atoms with Gasteiger partial charge >= 0.3 is 5.97 Å². The van der Waals surface area contributed by atoms with Crippen LogP contribution in [0.3, 0.4) is 0 Å². The third kappa shape index (κ3) is 2.12. The molecule has 90 valence electrons. The maximum absolute atomic E-state index is 11.9. The van der Waals surface area contributed by atoms with E-state index in [1.54, 1.807) is 0 Å². The van der Waals surface area contributed by atoms with Gasteiger partial charge in [-0.05, 0) is 29.5 Å². The van der Waals surface area contributed by atoms with Crippen molar-refractivity contribution in [2.75, 3.05) is 6.61 Å². The van der Waals surface area contributed by atoms with Crippen molar-refractivity contribution in [2.45, 2.75) is 27.2 Å². The zero-order valence-corrected chi connectivity index (χ0v) is 10.6. The molecule has 1 aliphatic carbocycles. The number of hydrogen-bond donors (Lipinski definition) is 0. The normalized spacial score (nSPS) is 14.1. The van der Waals surface area contributed by atoms with Gasteiger partial charge in [0.05, 0.1) is 6.61 Å². The van der Waals surface area contributed by atoms with Gasteiger partial charge in [0.2, 0.25) is 0 Å². The first-order valence-electron chi connectivity index (χ1n) is 6.13. The monoisotopic (exact) mass is 230 g/mol. The van der Waals surface area contributed by atoms with Gasteiger partial charge in [-0.3, -0.25) is 0 Å². The van der Waals surface area contributed by atoms with Crippen molar-refractivity contribution in [3.8, 4) is 0 Å². The number of carbonyl (C=O) groups excluding carboxylic acids is 1. The molecule has 0 unspecified atom stereocenters. The summed E-state index contributed by atoms with van der Waals surface area (Å²) >= 11 is 0. The highest BCUT2D eigenvalue weighted by atomic mass is 16.5. The first-order chi connectivity index (χ1) is 8.15. The van der Waals surface area contributed by atoms with E-state index >= 15 is 0 Å². The van der Waals surface area contributed by atoms with Gasteiger partial charge in [-0.15, -0.1) is 0 Å². The standard InChI is InChI=1S/C15H18O2/c1-4-17-15(16)13-9-11-7-5-6-8-12(11)14(13)10(2)3/h5-8,10H,4,9H2,1-3H3. The maximum atomic E-state index is 11.9. The Hall–Kier alpha value is -1.57. The van der Waals surface area contributed by atoms with E-state index in [0.717, 1.165) is 11.1 Å². The number of benzene rings is 1. The molecule has 0 amide bonds. The predicted molar refractivity (Wildman–Crippen MR) is 68.5 cm³/mol. The molecule has 2 nitrogen and oxygen atoms in total. The highest BCUT2D eigenvalue weighted by Crippen LogP contribution is 2.37. The zero-order chi connectivity index (χ0) is 12.4. The number of carbonyl (C=O) groups is 1. The summed E-state index contributed by atoms with van der Waals surface area (Å²) in [5.74, 6) is 0.186. The zero-order valence-electron chi connectivity index (χ0n) is 10.6. The number of rotatable bonds is 3. The highest BCUT2D eigenvalue weighted by molar-refractivity contribution is 6.01. The summed E-state index contributed by atoms with van der Waals surface area (Å²) in [5.41, 5.74) is 4.44. The van der Waals surface area contributed by atoms with Crippen molar-refractivity contribution in [3.63, 3.8) is 0 Å². The Labute approximate surface area is 102 Å². The largest absolute Gasteiger partial charge is 0.463 e. The van der Waals surface area contributed by atoms with Gasteiger partial charge in [-0.2, -0.15) is 0 Å². The van der Waals surface area contributed by atoms with Crippen LogP contribution in [-0.4, -0.2) is 12.6 Å². The first-order valence-corrected chi connectivity index (χ1v) is 6.13. The summed E-state index contributed by atoms with van der Waals surface area (Å²) in [4.78, 5) is 11.9. The molecule has 0 atom stereocenters. The summed E-state index contributed by atoms with van der Waals surface area (Å²) in [7, 11) is 0. The van der Waals surface area contributed by atoms with Gasteiger partial charge in [-0.1, -0.05) is 38.1 Å². The predicted octanol–water partition coefficient (Wildman–Crippen LogP) is 3.22. The fourth-order valence-electron chi connectivity index (χ4n) is 2.45. The van der Waals surface area contributed by atoms with Crippen LogP contribution in [0.4, 0.5) is 0 Å². The van der Waals surface area contributed by atoms with E-state index in [4.69, 9.17) is 4.74 Å². The molecule has 1 aromatic carbocycles. The fraction of sp³-hybridized carbons (Fsp3) is 0.400. The molecule has 0 heterocycles. The van der Waals surface area contributed by atoms with Crippen LogP contribution in [0.2, 0.25) is 0 Å². The summed E-state index contributed by atoms with van der Waals surface area (Å²) in [6.45, 7) is 6.52. The lowest BCUT2D eigenvalue weighted by molar-refractivity contribution is -0.138. The van der Waals surface area contributed by atoms with Crippen LogP contribution in [-0.2, 0) is 16.0 Å². The fourth-order valence-corrected chi connectivity index (χ4v) is 2.45. The molecular formula is C15H18O2. The molecule has 2 rings (SSSR count). The van der Waals surface area contributed by atoms with Gasteiger partial charge in [0.25, 0.3) is 0 Å². The Kier molecular flexibility index (Phi) is 3.32. The summed E-state index contributed by atoms with van der Waals surface area (Å²) in [6, 6.07) is 8.22. The SMILES string of the molecule is CCOC(=O)C1=C(C(C)C)c2ccccc2C1. The number of fused-ring (bicyclic) bond motifs is 1. The van der Waals surface area contributed by atoms with E-state index in [9.17, 15) is 4.79 Å². The van der Waals surface area contributed by atoms with E-state index in [2.05, 4.69) is 26.0 Å². The van der Waals surface area contributed by atoms with Crippen LogP contribution in [0.5, 0.6) is 0 Å². The van der Waals surface area contributed by atoms with Crippen molar-refractivity contribution < 1.29 is 9.53 Å². The summed E-state index contributed by atoms with van der Waals surface area (Å²) < 4.78 is 5.14. The highest BCUT2D eigenvalue weighted by Gasteiger charge is 2.27. The quantitative estimate of drug-likeness (QED) is 0.745. The first kappa shape index (κ1) is 11.9. The number of ether oxygens (including phenoxy) is 1. The van der Waals surface area contributed by atoms with Crippen LogP contribution >= 0.6 is 0 Å². The van der Waals surface area contributed by atoms with Crippen molar-refractivity contribution in [1.82, 2.24) is 0 Å². The molecule has 17 heavy (non-hydrogen) atoms. The van der Waals surface area contributed by atoms with Crippen molar-refractivity contribution >= 4 is 11.5 Å². The van der Waals surface area contributed by atoms with Crippen LogP contribution in [0.1, 0.15) is 31.9 Å². The topological polar surface area (TPSA) is 26.3 Å². The van der Waals surface area contributed by atoms with E-state index in [1.165, 1.54) is 11.1 Å². The molecule has 0 spiro atoms. The van der Waals surface area contributed by atoms with E-state index in [0.29, 0.717) is 18.9 Å². The second-order valence-corrected chi connectivity index (χ2v) is 4.60. The van der Waals surface area contributed by atoms with Crippen LogP contribution < -0.4 is 0 Å². The molecule has 1 aromatic rings. The van der Waals surface area contributed by atoms with Crippen LogP contribution in [0.15, 0.2) is 29.8 Å². The van der Waals surface area contributed by atoms with Gasteiger partial charge < -0.3 is 4.74 Å². The molecule has 0 saturated heterocycles. The Balaban J connectivity index is 2.44. The summed E-state index contributed by atoms with van der Waals surface area (Å²) in [6.07, 6.45) is 0.711. The second kappa shape index (κ2) is 4.74. The minimum atomic E-state index is -0.160. The van der Waals surface area contributed by atoms with Crippen molar-refractivity contribution in [1.29, 1.82) is 0 Å². The van der Waals surface area contributed by atoms with Gasteiger partial charge in [0.1, 0.15) is 0 Å². The lowest BCUT2D eigenvalue weighted by Crippen LogP contribution is -2.10. The second-order valence-electron chi connectivity index (χ2n) is 4.60. The van der Waals surface area contributed by atoms with E-state index in [-0.39, 0.29) is 5.97 Å². The summed E-state index contributed by atoms with van der Waals surface area (Å²) in [5, 5.41) is 0. The third-order valence-electron chi connectivity index (χ3n) is 3.10. The number of hydrogen-bond acceptors (Lipinski definition) is 2. The maximum Gasteiger partial charge on any atom is 0.334 e. The van der Waals surface area contributed by atoms with Crippen LogP contribution in [0, 0.1) is 5.92 Å². The Morgan fingerprint density at radius 1 is 1.35 bits per heavy atom. The average molecular weight is 230 g/mol. The third-order valence-corrected chi connectivity index (χ3v) is 3.10. The molecule has 0 N–H and O–H groups in total. The molecule has 2 heteroatoms. The lowest BCUT2D eigenvalue weighted by atomic mass is 9.95. The van der Waals surface area contributed by atoms with E-state index < -0.39 is 0 Å². The molecule has 1 aliphatic rings. The molecular weight excluding hydrogens is 212 g/mol. The minimum Gasteiger partial charge on any atom is -0.463 e. The minimum absolute atomic E-state index is 0.160. The van der Waals surface area contributed by atoms with Crippen molar-refractivity contribution in [3.05, 3.63) is 41.0 Å². The molecule has 0 aromatic heterocycles. The molecule has 0 radical (unpaired) electrons. The molecule has 0 bridgehead atoms. The molecule has 0 saturated carbocycles. The van der Waals surface area contributed by atoms with Crippen LogP contribution in [0.25, 0.3) is 5.57 Å². The van der Waals surface area contributed by atoms with Gasteiger partial charge in [0, 0.05) is 12.0 Å². The lowest BCUT2D eigenvalue weighted by Gasteiger charge is -2.11. The smallest absolute Gasteiger partial charge is 0.334 e. The Morgan fingerprint density at radius 2 is 2.06 bits per heavy atom. The average Bonchev–Trinajstić information content (AvgIpc) is 2.68.